The predicted molar refractivity (Wildman–Crippen MR) is 87.9 cm³/mol. The topological polar surface area (TPSA) is 52.8 Å². The van der Waals surface area contributed by atoms with Crippen molar-refractivity contribution < 1.29 is 5.11 Å². The van der Waals surface area contributed by atoms with Crippen LogP contribution in [-0.4, -0.2) is 51.7 Å². The lowest BCUT2D eigenvalue weighted by Gasteiger charge is -2.29. The first kappa shape index (κ1) is 15.5. The molecule has 2 aromatic rings. The fraction of sp³-hybridized carbons (Fsp3) is 0.588. The van der Waals surface area contributed by atoms with Crippen LogP contribution in [0.4, 0.5) is 0 Å². The van der Waals surface area contributed by atoms with E-state index >= 15 is 0 Å². The Labute approximate surface area is 132 Å². The SMILES string of the molecule is Cc1cccn2c(CNCCCN3CCC(O)CC3)cnc12. The number of likely N-dealkylation sites (tertiary alicyclic amines) is 1. The average Bonchev–Trinajstić information content (AvgIpc) is 2.94. The average molecular weight is 302 g/mol. The van der Waals surface area contributed by atoms with Crippen LogP contribution >= 0.6 is 0 Å². The van der Waals surface area contributed by atoms with Crippen molar-refractivity contribution in [3.05, 3.63) is 35.8 Å². The van der Waals surface area contributed by atoms with Gasteiger partial charge in [-0.2, -0.15) is 0 Å². The number of imidazole rings is 1. The van der Waals surface area contributed by atoms with Crippen LogP contribution in [0, 0.1) is 6.92 Å². The first-order chi connectivity index (χ1) is 10.7. The highest BCUT2D eigenvalue weighted by molar-refractivity contribution is 5.48. The number of hydrogen-bond donors (Lipinski definition) is 2. The summed E-state index contributed by atoms with van der Waals surface area (Å²) < 4.78 is 2.16. The van der Waals surface area contributed by atoms with Crippen molar-refractivity contribution in [2.75, 3.05) is 26.2 Å². The highest BCUT2D eigenvalue weighted by atomic mass is 16.3. The van der Waals surface area contributed by atoms with E-state index in [4.69, 9.17) is 0 Å². The van der Waals surface area contributed by atoms with Crippen molar-refractivity contribution >= 4 is 5.65 Å². The Kier molecular flexibility index (Phi) is 5.08. The van der Waals surface area contributed by atoms with Gasteiger partial charge in [-0.15, -0.1) is 0 Å². The summed E-state index contributed by atoms with van der Waals surface area (Å²) in [5.74, 6) is 0. The zero-order valence-corrected chi connectivity index (χ0v) is 13.3. The van der Waals surface area contributed by atoms with E-state index in [1.54, 1.807) is 0 Å². The third-order valence-corrected chi connectivity index (χ3v) is 4.50. The summed E-state index contributed by atoms with van der Waals surface area (Å²) in [6, 6.07) is 4.16. The number of nitrogens with zero attached hydrogens (tertiary/aromatic N) is 3. The standard InChI is InChI=1S/C17H26N4O/c1-14-4-2-9-21-15(13-19-17(14)21)12-18-7-3-8-20-10-5-16(22)6-11-20/h2,4,9,13,16,18,22H,3,5-8,10-12H2,1H3. The number of pyridine rings is 1. The monoisotopic (exact) mass is 302 g/mol. The Bertz CT molecular complexity index is 602. The number of aromatic nitrogens is 2. The summed E-state index contributed by atoms with van der Waals surface area (Å²) in [6.07, 6.45) is 6.95. The van der Waals surface area contributed by atoms with E-state index < -0.39 is 0 Å². The molecule has 0 radical (unpaired) electrons. The molecular weight excluding hydrogens is 276 g/mol. The number of nitrogens with one attached hydrogen (secondary N) is 1. The molecule has 1 fully saturated rings. The summed E-state index contributed by atoms with van der Waals surface area (Å²) in [5, 5.41) is 13.0. The van der Waals surface area contributed by atoms with E-state index in [9.17, 15) is 5.11 Å². The molecule has 5 heteroatoms. The molecule has 0 unspecified atom stereocenters. The highest BCUT2D eigenvalue weighted by Crippen LogP contribution is 2.11. The van der Waals surface area contributed by atoms with Gasteiger partial charge >= 0.3 is 0 Å². The van der Waals surface area contributed by atoms with Gasteiger partial charge < -0.3 is 19.7 Å². The van der Waals surface area contributed by atoms with Crippen molar-refractivity contribution in [1.82, 2.24) is 19.6 Å². The van der Waals surface area contributed by atoms with Gasteiger partial charge in [-0.05, 0) is 50.9 Å². The fourth-order valence-corrected chi connectivity index (χ4v) is 3.12. The van der Waals surface area contributed by atoms with E-state index in [-0.39, 0.29) is 6.10 Å². The molecule has 0 aromatic carbocycles. The summed E-state index contributed by atoms with van der Waals surface area (Å²) >= 11 is 0. The molecule has 1 aliphatic heterocycles. The molecule has 0 spiro atoms. The normalized spacial score (nSPS) is 17.4. The quantitative estimate of drug-likeness (QED) is 0.796. The number of fused-ring (bicyclic) bond motifs is 1. The number of piperidine rings is 1. The predicted octanol–water partition coefficient (Wildman–Crippen LogP) is 1.58. The minimum atomic E-state index is -0.0759. The molecule has 3 rings (SSSR count). The van der Waals surface area contributed by atoms with Crippen LogP contribution in [0.3, 0.4) is 0 Å². The van der Waals surface area contributed by atoms with Crippen molar-refractivity contribution in [3.63, 3.8) is 0 Å². The van der Waals surface area contributed by atoms with E-state index in [1.165, 1.54) is 11.3 Å². The first-order valence-corrected chi connectivity index (χ1v) is 8.27. The van der Waals surface area contributed by atoms with Crippen LogP contribution in [0.25, 0.3) is 5.65 Å². The number of aryl methyl sites for hydroxylation is 1. The zero-order valence-electron chi connectivity index (χ0n) is 13.3. The van der Waals surface area contributed by atoms with Crippen molar-refractivity contribution in [3.8, 4) is 0 Å². The second-order valence-corrected chi connectivity index (χ2v) is 6.24. The van der Waals surface area contributed by atoms with Crippen LogP contribution in [0.1, 0.15) is 30.5 Å². The second-order valence-electron chi connectivity index (χ2n) is 6.24. The van der Waals surface area contributed by atoms with E-state index in [0.717, 1.165) is 57.6 Å². The lowest BCUT2D eigenvalue weighted by Crippen LogP contribution is -2.37. The summed E-state index contributed by atoms with van der Waals surface area (Å²) in [5.41, 5.74) is 3.46. The number of rotatable bonds is 6. The van der Waals surface area contributed by atoms with Gasteiger partial charge in [0.1, 0.15) is 5.65 Å². The number of hydrogen-bond acceptors (Lipinski definition) is 4. The van der Waals surface area contributed by atoms with Gasteiger partial charge in [0.2, 0.25) is 0 Å². The summed E-state index contributed by atoms with van der Waals surface area (Å²) in [7, 11) is 0. The van der Waals surface area contributed by atoms with Crippen molar-refractivity contribution in [2.24, 2.45) is 0 Å². The van der Waals surface area contributed by atoms with Crippen LogP contribution < -0.4 is 5.32 Å². The van der Waals surface area contributed by atoms with Crippen LogP contribution in [0.2, 0.25) is 0 Å². The fourth-order valence-electron chi connectivity index (χ4n) is 3.12. The smallest absolute Gasteiger partial charge is 0.139 e. The number of aliphatic hydroxyl groups is 1. The maximum atomic E-state index is 9.50. The molecule has 0 aliphatic carbocycles. The zero-order chi connectivity index (χ0) is 15.4. The Hall–Kier alpha value is -1.43. The molecule has 5 nitrogen and oxygen atoms in total. The second kappa shape index (κ2) is 7.22. The van der Waals surface area contributed by atoms with Gasteiger partial charge in [-0.1, -0.05) is 6.07 Å². The van der Waals surface area contributed by atoms with Crippen LogP contribution in [0.15, 0.2) is 24.5 Å². The maximum absolute atomic E-state index is 9.50. The molecule has 0 saturated carbocycles. The molecule has 0 atom stereocenters. The summed E-state index contributed by atoms with van der Waals surface area (Å²) in [4.78, 5) is 6.94. The van der Waals surface area contributed by atoms with Crippen LogP contribution in [0.5, 0.6) is 0 Å². The Morgan fingerprint density at radius 3 is 3.00 bits per heavy atom. The van der Waals surface area contributed by atoms with Gasteiger partial charge in [0.15, 0.2) is 0 Å². The Balaban J connectivity index is 1.40. The minimum absolute atomic E-state index is 0.0759. The van der Waals surface area contributed by atoms with Gasteiger partial charge in [0.25, 0.3) is 0 Å². The van der Waals surface area contributed by atoms with E-state index in [2.05, 4.69) is 44.9 Å². The Morgan fingerprint density at radius 1 is 1.36 bits per heavy atom. The van der Waals surface area contributed by atoms with Crippen molar-refractivity contribution in [2.45, 2.75) is 38.8 Å². The van der Waals surface area contributed by atoms with Gasteiger partial charge in [-0.25, -0.2) is 4.98 Å². The van der Waals surface area contributed by atoms with E-state index in [1.807, 2.05) is 6.20 Å². The molecule has 0 amide bonds. The molecule has 120 valence electrons. The highest BCUT2D eigenvalue weighted by Gasteiger charge is 2.15. The van der Waals surface area contributed by atoms with Crippen molar-refractivity contribution in [1.29, 1.82) is 0 Å². The molecular formula is C17H26N4O. The molecule has 1 saturated heterocycles. The summed E-state index contributed by atoms with van der Waals surface area (Å²) in [6.45, 7) is 7.14. The molecule has 1 aliphatic rings. The van der Waals surface area contributed by atoms with Crippen LogP contribution in [-0.2, 0) is 6.54 Å². The largest absolute Gasteiger partial charge is 0.393 e. The number of aliphatic hydroxyl groups excluding tert-OH is 1. The lowest BCUT2D eigenvalue weighted by molar-refractivity contribution is 0.0821. The van der Waals surface area contributed by atoms with Gasteiger partial charge in [-0.3, -0.25) is 0 Å². The lowest BCUT2D eigenvalue weighted by atomic mass is 10.1. The third kappa shape index (κ3) is 3.66. The van der Waals surface area contributed by atoms with Gasteiger partial charge in [0.05, 0.1) is 18.0 Å². The Morgan fingerprint density at radius 2 is 2.18 bits per heavy atom. The molecule has 2 N–H and O–H groups in total. The minimum Gasteiger partial charge on any atom is -0.393 e. The molecule has 2 aromatic heterocycles. The molecule has 3 heterocycles. The maximum Gasteiger partial charge on any atom is 0.139 e. The van der Waals surface area contributed by atoms with Gasteiger partial charge in [0, 0.05) is 25.8 Å². The molecule has 22 heavy (non-hydrogen) atoms. The first-order valence-electron chi connectivity index (χ1n) is 8.27. The molecule has 0 bridgehead atoms. The third-order valence-electron chi connectivity index (χ3n) is 4.50. The van der Waals surface area contributed by atoms with E-state index in [0.29, 0.717) is 0 Å².